The number of aromatic nitrogens is 2. The summed E-state index contributed by atoms with van der Waals surface area (Å²) in [5, 5.41) is 3.68. The van der Waals surface area contributed by atoms with Gasteiger partial charge in [0.25, 0.3) is 5.89 Å². The van der Waals surface area contributed by atoms with Crippen LogP contribution in [0.1, 0.15) is 21.7 Å². The van der Waals surface area contributed by atoms with Gasteiger partial charge < -0.3 is 14.0 Å². The lowest BCUT2D eigenvalue weighted by atomic mass is 10.1. The number of benzene rings is 2. The average Bonchev–Trinajstić information content (AvgIpc) is 3.15. The van der Waals surface area contributed by atoms with Gasteiger partial charge in [-0.1, -0.05) is 17.3 Å². The zero-order valence-corrected chi connectivity index (χ0v) is 14.8. The van der Waals surface area contributed by atoms with Gasteiger partial charge in [0.15, 0.2) is 6.61 Å². The van der Waals surface area contributed by atoms with Crippen LogP contribution in [0.5, 0.6) is 0 Å². The van der Waals surface area contributed by atoms with Gasteiger partial charge in [-0.25, -0.2) is 9.18 Å². The molecule has 0 aliphatic rings. The Balaban J connectivity index is 1.51. The van der Waals surface area contributed by atoms with Gasteiger partial charge in [-0.15, -0.1) is 0 Å². The summed E-state index contributed by atoms with van der Waals surface area (Å²) in [6.07, 6.45) is -4.39. The molecule has 0 spiro atoms. The third-order valence-electron chi connectivity index (χ3n) is 3.62. The maximum Gasteiger partial charge on any atom is 0.411 e. The summed E-state index contributed by atoms with van der Waals surface area (Å²) >= 11 is 0. The van der Waals surface area contributed by atoms with E-state index in [4.69, 9.17) is 9.26 Å². The van der Waals surface area contributed by atoms with E-state index >= 15 is 0 Å². The van der Waals surface area contributed by atoms with E-state index < -0.39 is 24.6 Å². The monoisotopic (exact) mass is 410 g/mol. The molecule has 0 fully saturated rings. The van der Waals surface area contributed by atoms with Crippen LogP contribution in [-0.2, 0) is 22.7 Å². The van der Waals surface area contributed by atoms with Gasteiger partial charge in [0.2, 0.25) is 5.82 Å². The number of ether oxygens (including phenoxy) is 2. The van der Waals surface area contributed by atoms with Crippen LogP contribution in [0.4, 0.5) is 17.6 Å². The zero-order valence-electron chi connectivity index (χ0n) is 14.8. The molecule has 0 amide bonds. The highest BCUT2D eigenvalue weighted by Gasteiger charge is 2.27. The van der Waals surface area contributed by atoms with Crippen LogP contribution in [0.3, 0.4) is 0 Å². The fourth-order valence-electron chi connectivity index (χ4n) is 2.26. The van der Waals surface area contributed by atoms with E-state index in [1.165, 1.54) is 48.5 Å². The highest BCUT2D eigenvalue weighted by atomic mass is 19.4. The maximum absolute atomic E-state index is 12.9. The van der Waals surface area contributed by atoms with Gasteiger partial charge in [-0.05, 0) is 42.0 Å². The van der Waals surface area contributed by atoms with E-state index in [-0.39, 0.29) is 30.5 Å². The van der Waals surface area contributed by atoms with Crippen molar-refractivity contribution in [3.63, 3.8) is 0 Å². The minimum absolute atomic E-state index is 0.120. The first-order valence-corrected chi connectivity index (χ1v) is 8.29. The summed E-state index contributed by atoms with van der Waals surface area (Å²) in [6, 6.07) is 11.2. The molecule has 0 saturated heterocycles. The van der Waals surface area contributed by atoms with Crippen molar-refractivity contribution in [1.82, 2.24) is 10.1 Å². The maximum atomic E-state index is 12.9. The topological polar surface area (TPSA) is 74.5 Å². The molecule has 3 aromatic rings. The van der Waals surface area contributed by atoms with Gasteiger partial charge >= 0.3 is 12.1 Å². The molecule has 1 aromatic heterocycles. The number of halogens is 4. The summed E-state index contributed by atoms with van der Waals surface area (Å²) < 4.78 is 63.7. The van der Waals surface area contributed by atoms with Gasteiger partial charge in [-0.2, -0.15) is 18.2 Å². The molecule has 0 N–H and O–H groups in total. The summed E-state index contributed by atoms with van der Waals surface area (Å²) in [7, 11) is 0. The predicted octanol–water partition coefficient (Wildman–Crippen LogP) is 4.31. The largest absolute Gasteiger partial charge is 0.454 e. The molecule has 1 heterocycles. The second-order valence-corrected chi connectivity index (χ2v) is 5.90. The van der Waals surface area contributed by atoms with Gasteiger partial charge in [0.1, 0.15) is 12.4 Å². The molecule has 2 aromatic carbocycles. The van der Waals surface area contributed by atoms with Crippen LogP contribution in [0.2, 0.25) is 0 Å². The first kappa shape index (κ1) is 20.5. The third kappa shape index (κ3) is 6.11. The molecule has 0 radical (unpaired) electrons. The first-order chi connectivity index (χ1) is 13.8. The van der Waals surface area contributed by atoms with E-state index in [1.807, 2.05) is 0 Å². The predicted molar refractivity (Wildman–Crippen MR) is 91.0 cm³/mol. The third-order valence-corrected chi connectivity index (χ3v) is 3.62. The fraction of sp³-hybridized carbons (Fsp3) is 0.211. The van der Waals surface area contributed by atoms with E-state index in [9.17, 15) is 22.4 Å². The smallest absolute Gasteiger partial charge is 0.411 e. The fourth-order valence-corrected chi connectivity index (χ4v) is 2.26. The van der Waals surface area contributed by atoms with Crippen molar-refractivity contribution in [3.05, 3.63) is 71.3 Å². The Bertz CT molecular complexity index is 954. The highest BCUT2D eigenvalue weighted by molar-refractivity contribution is 5.89. The molecule has 152 valence electrons. The Morgan fingerprint density at radius 1 is 1.00 bits per heavy atom. The minimum atomic E-state index is -4.39. The molecule has 3 rings (SSSR count). The highest BCUT2D eigenvalue weighted by Crippen LogP contribution is 2.18. The number of esters is 1. The molecule has 0 saturated carbocycles. The number of carbonyl (C=O) groups excluding carboxylic acids is 1. The van der Waals surface area contributed by atoms with E-state index in [2.05, 4.69) is 14.9 Å². The standard InChI is InChI=1S/C19H14F4N2O4/c20-15-7-5-13(6-8-15)17-24-16(25-29-17)10-28-18(26)14-3-1-12(2-4-14)9-27-11-19(21,22)23/h1-8H,9-11H2. The SMILES string of the molecule is O=C(OCc1noc(-c2ccc(F)cc2)n1)c1ccc(COCC(F)(F)F)cc1. The van der Waals surface area contributed by atoms with E-state index in [0.717, 1.165) is 0 Å². The van der Waals surface area contributed by atoms with Crippen molar-refractivity contribution in [2.45, 2.75) is 19.4 Å². The van der Waals surface area contributed by atoms with Crippen molar-refractivity contribution in [2.24, 2.45) is 0 Å². The lowest BCUT2D eigenvalue weighted by Gasteiger charge is -2.08. The molecule has 10 heteroatoms. The van der Waals surface area contributed by atoms with Crippen molar-refractivity contribution in [3.8, 4) is 11.5 Å². The van der Waals surface area contributed by atoms with Gasteiger partial charge in [0, 0.05) is 5.56 Å². The van der Waals surface area contributed by atoms with Crippen LogP contribution in [0.15, 0.2) is 53.1 Å². The van der Waals surface area contributed by atoms with Gasteiger partial charge in [-0.3, -0.25) is 0 Å². The molecule has 0 bridgehead atoms. The van der Waals surface area contributed by atoms with Crippen LogP contribution >= 0.6 is 0 Å². The second-order valence-electron chi connectivity index (χ2n) is 5.90. The lowest BCUT2D eigenvalue weighted by molar-refractivity contribution is -0.176. The molecule has 6 nitrogen and oxygen atoms in total. The normalized spacial score (nSPS) is 11.4. The number of alkyl halides is 3. The van der Waals surface area contributed by atoms with Crippen molar-refractivity contribution >= 4 is 5.97 Å². The summed E-state index contributed by atoms with van der Waals surface area (Å²) in [5.74, 6) is -0.796. The Morgan fingerprint density at radius 2 is 1.69 bits per heavy atom. The molecular formula is C19H14F4N2O4. The molecule has 29 heavy (non-hydrogen) atoms. The Labute approximate surface area is 162 Å². The molecule has 0 aliphatic heterocycles. The number of hydrogen-bond donors (Lipinski definition) is 0. The van der Waals surface area contributed by atoms with Crippen molar-refractivity contribution in [1.29, 1.82) is 0 Å². The van der Waals surface area contributed by atoms with Gasteiger partial charge in [0.05, 0.1) is 12.2 Å². The second kappa shape index (κ2) is 8.82. The summed E-state index contributed by atoms with van der Waals surface area (Å²) in [6.45, 7) is -1.83. The number of nitrogens with zero attached hydrogens (tertiary/aromatic N) is 2. The Hall–Kier alpha value is -3.27. The molecule has 0 unspecified atom stereocenters. The van der Waals surface area contributed by atoms with Crippen molar-refractivity contribution in [2.75, 3.05) is 6.61 Å². The van der Waals surface area contributed by atoms with Crippen LogP contribution in [0.25, 0.3) is 11.5 Å². The van der Waals surface area contributed by atoms with Crippen LogP contribution in [0, 0.1) is 5.82 Å². The number of hydrogen-bond acceptors (Lipinski definition) is 6. The molecular weight excluding hydrogens is 396 g/mol. The van der Waals surface area contributed by atoms with Crippen molar-refractivity contribution < 1.29 is 36.4 Å². The quantitative estimate of drug-likeness (QED) is 0.427. The minimum Gasteiger partial charge on any atom is -0.454 e. The lowest BCUT2D eigenvalue weighted by Crippen LogP contribution is -2.16. The van der Waals surface area contributed by atoms with Crippen LogP contribution in [-0.4, -0.2) is 28.9 Å². The number of carbonyl (C=O) groups is 1. The zero-order chi connectivity index (χ0) is 20.9. The van der Waals surface area contributed by atoms with E-state index in [1.54, 1.807) is 0 Å². The Morgan fingerprint density at radius 3 is 2.34 bits per heavy atom. The van der Waals surface area contributed by atoms with E-state index in [0.29, 0.717) is 11.1 Å². The molecule has 0 aliphatic carbocycles. The van der Waals surface area contributed by atoms with Crippen LogP contribution < -0.4 is 0 Å². The summed E-state index contributed by atoms with van der Waals surface area (Å²) in [5.41, 5.74) is 1.19. The number of rotatable bonds is 7. The molecule has 0 atom stereocenters. The Kier molecular flexibility index (Phi) is 6.23. The first-order valence-electron chi connectivity index (χ1n) is 8.29. The average molecular weight is 410 g/mol. The summed E-state index contributed by atoms with van der Waals surface area (Å²) in [4.78, 5) is 16.1.